The Morgan fingerprint density at radius 1 is 1.19 bits per heavy atom. The fourth-order valence-electron chi connectivity index (χ4n) is 3.24. The first-order valence-corrected chi connectivity index (χ1v) is 8.84. The highest BCUT2D eigenvalue weighted by atomic mass is 16.2. The summed E-state index contributed by atoms with van der Waals surface area (Å²) in [6.45, 7) is 5.37. The molecule has 0 radical (unpaired) electrons. The van der Waals surface area contributed by atoms with E-state index in [0.717, 1.165) is 29.2 Å². The molecule has 3 aromatic rings. The number of hydrogen-bond acceptors (Lipinski definition) is 4. The molecule has 0 unspecified atom stereocenters. The molecule has 0 N–H and O–H groups in total. The van der Waals surface area contributed by atoms with Crippen molar-refractivity contribution in [2.45, 2.75) is 33.4 Å². The smallest absolute Gasteiger partial charge is 0.256 e. The zero-order chi connectivity index (χ0) is 18.1. The van der Waals surface area contributed by atoms with E-state index in [-0.39, 0.29) is 5.91 Å². The van der Waals surface area contributed by atoms with E-state index in [1.807, 2.05) is 47.6 Å². The molecular formula is C20H21N5O. The third-order valence-corrected chi connectivity index (χ3v) is 4.47. The first-order chi connectivity index (χ1) is 12.6. The predicted molar refractivity (Wildman–Crippen MR) is 97.7 cm³/mol. The number of para-hydroxylation sites is 1. The molecule has 0 saturated heterocycles. The third kappa shape index (κ3) is 3.10. The van der Waals surface area contributed by atoms with Gasteiger partial charge in [0.25, 0.3) is 5.91 Å². The van der Waals surface area contributed by atoms with Gasteiger partial charge in [0.1, 0.15) is 5.82 Å². The molecule has 1 aliphatic heterocycles. The summed E-state index contributed by atoms with van der Waals surface area (Å²) >= 11 is 0. The van der Waals surface area contributed by atoms with Crippen LogP contribution in [0.2, 0.25) is 0 Å². The van der Waals surface area contributed by atoms with Gasteiger partial charge in [0.2, 0.25) is 0 Å². The van der Waals surface area contributed by atoms with E-state index >= 15 is 0 Å². The molecule has 0 spiro atoms. The monoisotopic (exact) mass is 347 g/mol. The van der Waals surface area contributed by atoms with Gasteiger partial charge in [-0.25, -0.2) is 14.6 Å². The van der Waals surface area contributed by atoms with Crippen molar-refractivity contribution >= 4 is 5.91 Å². The van der Waals surface area contributed by atoms with Crippen LogP contribution in [0.25, 0.3) is 5.69 Å². The number of aromatic nitrogens is 4. The van der Waals surface area contributed by atoms with E-state index in [1.165, 1.54) is 0 Å². The molecule has 4 rings (SSSR count). The zero-order valence-corrected chi connectivity index (χ0v) is 15.0. The Labute approximate surface area is 152 Å². The molecule has 1 aliphatic rings. The van der Waals surface area contributed by atoms with Crippen LogP contribution in [0.4, 0.5) is 0 Å². The molecule has 1 aromatic carbocycles. The number of amides is 1. The average Bonchev–Trinajstić information content (AvgIpc) is 3.30. The lowest BCUT2D eigenvalue weighted by Crippen LogP contribution is -2.26. The van der Waals surface area contributed by atoms with E-state index in [4.69, 9.17) is 0 Å². The van der Waals surface area contributed by atoms with E-state index in [1.54, 1.807) is 10.9 Å². The minimum absolute atomic E-state index is 0.0143. The van der Waals surface area contributed by atoms with Crippen molar-refractivity contribution in [1.82, 2.24) is 24.6 Å². The summed E-state index contributed by atoms with van der Waals surface area (Å²) in [6, 6.07) is 9.39. The second-order valence-corrected chi connectivity index (χ2v) is 6.99. The first kappa shape index (κ1) is 16.4. The van der Waals surface area contributed by atoms with Gasteiger partial charge in [-0.2, -0.15) is 5.10 Å². The molecule has 26 heavy (non-hydrogen) atoms. The van der Waals surface area contributed by atoms with Gasteiger partial charge in [-0.3, -0.25) is 4.79 Å². The second-order valence-electron chi connectivity index (χ2n) is 6.99. The summed E-state index contributed by atoms with van der Waals surface area (Å²) in [5.74, 6) is 1.35. The van der Waals surface area contributed by atoms with Crippen molar-refractivity contribution in [3.05, 3.63) is 71.6 Å². The minimum Gasteiger partial charge on any atom is -0.328 e. The van der Waals surface area contributed by atoms with Crippen molar-refractivity contribution < 1.29 is 4.79 Å². The standard InChI is InChI=1S/C20H21N5O/c1-14(2)10-19-21-11-15-12-24(13-17(15)23-19)20(26)16-6-3-4-7-18(16)25-9-5-8-22-25/h3-9,11,14H,10,12-13H2,1-2H3. The number of fused-ring (bicyclic) bond motifs is 1. The quantitative estimate of drug-likeness (QED) is 0.728. The Hall–Kier alpha value is -3.02. The van der Waals surface area contributed by atoms with Gasteiger partial charge in [0.05, 0.1) is 23.5 Å². The van der Waals surface area contributed by atoms with Crippen molar-refractivity contribution in [3.8, 4) is 5.69 Å². The van der Waals surface area contributed by atoms with Crippen LogP contribution in [0.15, 0.2) is 48.9 Å². The lowest BCUT2D eigenvalue weighted by Gasteiger charge is -2.17. The summed E-state index contributed by atoms with van der Waals surface area (Å²) in [4.78, 5) is 24.1. The Morgan fingerprint density at radius 2 is 2.04 bits per heavy atom. The van der Waals surface area contributed by atoms with Crippen molar-refractivity contribution in [2.75, 3.05) is 0 Å². The molecule has 6 nitrogen and oxygen atoms in total. The van der Waals surface area contributed by atoms with Crippen LogP contribution in [0.3, 0.4) is 0 Å². The molecule has 132 valence electrons. The summed E-state index contributed by atoms with van der Waals surface area (Å²) in [5, 5.41) is 4.26. The highest BCUT2D eigenvalue weighted by Crippen LogP contribution is 2.25. The van der Waals surface area contributed by atoms with Crippen molar-refractivity contribution in [3.63, 3.8) is 0 Å². The largest absolute Gasteiger partial charge is 0.328 e. The van der Waals surface area contributed by atoms with Crippen LogP contribution >= 0.6 is 0 Å². The normalized spacial score (nSPS) is 13.3. The Bertz CT molecular complexity index is 933. The van der Waals surface area contributed by atoms with Crippen molar-refractivity contribution in [1.29, 1.82) is 0 Å². The summed E-state index contributed by atoms with van der Waals surface area (Å²) in [5.41, 5.74) is 3.41. The fourth-order valence-corrected chi connectivity index (χ4v) is 3.24. The molecule has 3 heterocycles. The molecule has 6 heteroatoms. The average molecular weight is 347 g/mol. The van der Waals surface area contributed by atoms with Gasteiger partial charge in [-0.05, 0) is 24.1 Å². The Kier molecular flexibility index (Phi) is 4.24. The molecule has 1 amide bonds. The molecule has 0 saturated carbocycles. The zero-order valence-electron chi connectivity index (χ0n) is 15.0. The number of carbonyl (C=O) groups is 1. The number of benzene rings is 1. The molecule has 0 aliphatic carbocycles. The van der Waals surface area contributed by atoms with E-state index in [2.05, 4.69) is 28.9 Å². The summed E-state index contributed by atoms with van der Waals surface area (Å²) in [7, 11) is 0. The molecule has 2 aromatic heterocycles. The summed E-state index contributed by atoms with van der Waals surface area (Å²) < 4.78 is 1.72. The highest BCUT2D eigenvalue weighted by molar-refractivity contribution is 5.98. The third-order valence-electron chi connectivity index (χ3n) is 4.47. The Balaban J connectivity index is 1.59. The van der Waals surface area contributed by atoms with Gasteiger partial charge >= 0.3 is 0 Å². The van der Waals surface area contributed by atoms with Gasteiger partial charge in [-0.15, -0.1) is 0 Å². The Morgan fingerprint density at radius 3 is 2.81 bits per heavy atom. The van der Waals surface area contributed by atoms with E-state index in [0.29, 0.717) is 24.6 Å². The molecule has 0 bridgehead atoms. The minimum atomic E-state index is -0.0143. The predicted octanol–water partition coefficient (Wildman–Crippen LogP) is 3.02. The van der Waals surface area contributed by atoms with Crippen LogP contribution in [0, 0.1) is 5.92 Å². The SMILES string of the molecule is CC(C)Cc1ncc2c(n1)CN(C(=O)c1ccccc1-n1cccn1)C2. The fraction of sp³-hybridized carbons (Fsp3) is 0.300. The maximum Gasteiger partial charge on any atom is 0.256 e. The van der Waals surface area contributed by atoms with Crippen LogP contribution in [-0.2, 0) is 19.5 Å². The van der Waals surface area contributed by atoms with Gasteiger partial charge in [0, 0.05) is 37.1 Å². The van der Waals surface area contributed by atoms with Crippen LogP contribution in [0.5, 0.6) is 0 Å². The number of rotatable bonds is 4. The second kappa shape index (κ2) is 6.71. The van der Waals surface area contributed by atoms with Crippen LogP contribution in [-0.4, -0.2) is 30.6 Å². The van der Waals surface area contributed by atoms with Crippen molar-refractivity contribution in [2.24, 2.45) is 5.92 Å². The van der Waals surface area contributed by atoms with Crippen LogP contribution in [0.1, 0.15) is 41.3 Å². The number of carbonyl (C=O) groups excluding carboxylic acids is 1. The lowest BCUT2D eigenvalue weighted by atomic mass is 10.1. The lowest BCUT2D eigenvalue weighted by molar-refractivity contribution is 0.0750. The number of hydrogen-bond donors (Lipinski definition) is 0. The first-order valence-electron chi connectivity index (χ1n) is 8.84. The maximum atomic E-state index is 13.1. The number of nitrogens with zero attached hydrogens (tertiary/aromatic N) is 5. The maximum absolute atomic E-state index is 13.1. The van der Waals surface area contributed by atoms with E-state index in [9.17, 15) is 4.79 Å². The molecule has 0 atom stereocenters. The van der Waals surface area contributed by atoms with Crippen LogP contribution < -0.4 is 0 Å². The highest BCUT2D eigenvalue weighted by Gasteiger charge is 2.27. The van der Waals surface area contributed by atoms with Gasteiger partial charge in [0.15, 0.2) is 0 Å². The molecule has 0 fully saturated rings. The van der Waals surface area contributed by atoms with E-state index < -0.39 is 0 Å². The van der Waals surface area contributed by atoms with Gasteiger partial charge < -0.3 is 4.90 Å². The molecular weight excluding hydrogens is 326 g/mol. The summed E-state index contributed by atoms with van der Waals surface area (Å²) in [6.07, 6.45) is 6.27. The van der Waals surface area contributed by atoms with Gasteiger partial charge in [-0.1, -0.05) is 26.0 Å². The topological polar surface area (TPSA) is 63.9 Å².